The van der Waals surface area contributed by atoms with Crippen molar-refractivity contribution in [1.29, 1.82) is 0 Å². The van der Waals surface area contributed by atoms with Crippen LogP contribution in [-0.4, -0.2) is 25.1 Å². The first-order valence-electron chi connectivity index (χ1n) is 8.04. The molecular formula is C19H17BrN2O4. The molecule has 1 heterocycles. The van der Waals surface area contributed by atoms with Gasteiger partial charge in [0, 0.05) is 10.9 Å². The Hall–Kier alpha value is -2.80. The Kier molecular flexibility index (Phi) is 5.91. The third-order valence-electron chi connectivity index (χ3n) is 3.58. The molecule has 0 radical (unpaired) electrons. The third-order valence-corrected chi connectivity index (χ3v) is 4.07. The second kappa shape index (κ2) is 8.53. The number of carbonyl (C=O) groups excluding carboxylic acids is 2. The van der Waals surface area contributed by atoms with Gasteiger partial charge in [0.05, 0.1) is 5.69 Å². The average molecular weight is 417 g/mol. The molecule has 0 spiro atoms. The van der Waals surface area contributed by atoms with Gasteiger partial charge in [-0.05, 0) is 36.4 Å². The summed E-state index contributed by atoms with van der Waals surface area (Å²) < 4.78 is 11.6. The van der Waals surface area contributed by atoms with E-state index in [4.69, 9.17) is 9.47 Å². The molecule has 1 aliphatic heterocycles. The molecule has 0 aliphatic carbocycles. The molecule has 1 N–H and O–H groups in total. The average Bonchev–Trinajstić information content (AvgIpc) is 2.66. The van der Waals surface area contributed by atoms with E-state index in [0.717, 1.165) is 4.47 Å². The number of ether oxygens (including phenoxy) is 2. The van der Waals surface area contributed by atoms with Gasteiger partial charge in [-0.2, -0.15) is 0 Å². The van der Waals surface area contributed by atoms with Crippen LogP contribution in [-0.2, 0) is 14.3 Å². The Balaban J connectivity index is 1.51. The van der Waals surface area contributed by atoms with Crippen molar-refractivity contribution >= 4 is 33.5 Å². The van der Waals surface area contributed by atoms with E-state index in [2.05, 4.69) is 21.4 Å². The molecule has 0 bridgehead atoms. The summed E-state index contributed by atoms with van der Waals surface area (Å²) in [6.07, 6.45) is 1.65. The van der Waals surface area contributed by atoms with Crippen molar-refractivity contribution in [2.45, 2.75) is 6.42 Å². The lowest BCUT2D eigenvalue weighted by atomic mass is 10.2. The summed E-state index contributed by atoms with van der Waals surface area (Å²) in [6.45, 7) is 0.334. The number of halogens is 1. The van der Waals surface area contributed by atoms with Gasteiger partial charge in [0.25, 0.3) is 0 Å². The van der Waals surface area contributed by atoms with Gasteiger partial charge in [-0.3, -0.25) is 10.2 Å². The number of hydrogen-bond acceptors (Lipinski definition) is 5. The van der Waals surface area contributed by atoms with Crippen LogP contribution in [0.2, 0.25) is 0 Å². The van der Waals surface area contributed by atoms with E-state index in [1.807, 2.05) is 42.5 Å². The van der Waals surface area contributed by atoms with Crippen LogP contribution < -0.4 is 15.2 Å². The van der Waals surface area contributed by atoms with E-state index in [-0.39, 0.29) is 31.2 Å². The molecule has 0 atom stereocenters. The van der Waals surface area contributed by atoms with Crippen LogP contribution in [0.25, 0.3) is 0 Å². The van der Waals surface area contributed by atoms with Crippen molar-refractivity contribution in [3.63, 3.8) is 0 Å². The first-order chi connectivity index (χ1) is 12.6. The van der Waals surface area contributed by atoms with Crippen molar-refractivity contribution in [3.05, 3.63) is 70.8 Å². The van der Waals surface area contributed by atoms with Crippen LogP contribution in [0.5, 0.6) is 5.75 Å². The fourth-order valence-corrected chi connectivity index (χ4v) is 2.73. The summed E-state index contributed by atoms with van der Waals surface area (Å²) in [4.78, 5) is 24.2. The van der Waals surface area contributed by atoms with Crippen molar-refractivity contribution < 1.29 is 19.1 Å². The first kappa shape index (κ1) is 18.0. The standard InChI is InChI=1S/C19H17BrN2O4/c20-14-5-4-8-16(13-14)25-11-12-26-19(24)17-9-10-18(23)22(21-17)15-6-2-1-3-7-15/h1-9,13,21H,10-12H2. The van der Waals surface area contributed by atoms with Crippen molar-refractivity contribution in [2.75, 3.05) is 18.2 Å². The van der Waals surface area contributed by atoms with Crippen LogP contribution in [0.3, 0.4) is 0 Å². The fourth-order valence-electron chi connectivity index (χ4n) is 2.35. The van der Waals surface area contributed by atoms with Crippen LogP contribution in [0.1, 0.15) is 6.42 Å². The number of hydrazine groups is 1. The smallest absolute Gasteiger partial charge is 0.356 e. The van der Waals surface area contributed by atoms with E-state index >= 15 is 0 Å². The van der Waals surface area contributed by atoms with Gasteiger partial charge >= 0.3 is 5.97 Å². The Morgan fingerprint density at radius 1 is 1.12 bits per heavy atom. The number of benzene rings is 2. The minimum Gasteiger partial charge on any atom is -0.490 e. The van der Waals surface area contributed by atoms with Crippen molar-refractivity contribution in [2.24, 2.45) is 0 Å². The third kappa shape index (κ3) is 4.64. The lowest BCUT2D eigenvalue weighted by Crippen LogP contribution is -2.47. The summed E-state index contributed by atoms with van der Waals surface area (Å²) in [5, 5.41) is 1.34. The predicted molar refractivity (Wildman–Crippen MR) is 100 cm³/mol. The maximum Gasteiger partial charge on any atom is 0.356 e. The number of nitrogens with one attached hydrogen (secondary N) is 1. The number of anilines is 1. The van der Waals surface area contributed by atoms with Crippen molar-refractivity contribution in [3.8, 4) is 5.75 Å². The molecule has 3 rings (SSSR count). The summed E-state index contributed by atoms with van der Waals surface area (Å²) in [6, 6.07) is 16.5. The van der Waals surface area contributed by atoms with E-state index in [1.54, 1.807) is 12.1 Å². The zero-order chi connectivity index (χ0) is 18.4. The number of rotatable bonds is 6. The molecule has 26 heavy (non-hydrogen) atoms. The summed E-state index contributed by atoms with van der Waals surface area (Å²) in [7, 11) is 0. The number of para-hydroxylation sites is 1. The van der Waals surface area contributed by atoms with Gasteiger partial charge < -0.3 is 9.47 Å². The highest BCUT2D eigenvalue weighted by atomic mass is 79.9. The van der Waals surface area contributed by atoms with E-state index in [9.17, 15) is 9.59 Å². The zero-order valence-electron chi connectivity index (χ0n) is 13.9. The highest BCUT2D eigenvalue weighted by Crippen LogP contribution is 2.18. The van der Waals surface area contributed by atoms with Gasteiger partial charge in [0.2, 0.25) is 5.91 Å². The minimum atomic E-state index is -0.531. The molecule has 0 fully saturated rings. The maximum absolute atomic E-state index is 12.2. The maximum atomic E-state index is 12.2. The molecular weight excluding hydrogens is 400 g/mol. The molecule has 1 amide bonds. The van der Waals surface area contributed by atoms with Crippen LogP contribution in [0, 0.1) is 0 Å². The quantitative estimate of drug-likeness (QED) is 0.578. The molecule has 0 saturated heterocycles. The molecule has 1 aliphatic rings. The van der Waals surface area contributed by atoms with Crippen LogP contribution in [0.15, 0.2) is 70.8 Å². The second-order valence-electron chi connectivity index (χ2n) is 5.44. The summed E-state index contributed by atoms with van der Waals surface area (Å²) in [5.74, 6) is 0.00768. The van der Waals surface area contributed by atoms with Crippen LogP contribution in [0.4, 0.5) is 5.69 Å². The molecule has 2 aromatic carbocycles. The predicted octanol–water partition coefficient (Wildman–Crippen LogP) is 3.20. The number of amides is 1. The van der Waals surface area contributed by atoms with E-state index < -0.39 is 5.97 Å². The second-order valence-corrected chi connectivity index (χ2v) is 6.36. The van der Waals surface area contributed by atoms with Crippen molar-refractivity contribution in [1.82, 2.24) is 5.43 Å². The molecule has 0 unspecified atom stereocenters. The Morgan fingerprint density at radius 3 is 2.69 bits per heavy atom. The Bertz CT molecular complexity index is 823. The van der Waals surface area contributed by atoms with E-state index in [0.29, 0.717) is 11.4 Å². The first-order valence-corrected chi connectivity index (χ1v) is 8.83. The molecule has 7 heteroatoms. The number of nitrogens with zero attached hydrogens (tertiary/aromatic N) is 1. The van der Waals surface area contributed by atoms with Gasteiger partial charge in [-0.1, -0.05) is 40.2 Å². The van der Waals surface area contributed by atoms with Gasteiger partial charge in [-0.15, -0.1) is 0 Å². The Labute approximate surface area is 159 Å². The SMILES string of the molecule is O=C(OCCOc1cccc(Br)c1)C1=CCC(=O)N(c2ccccc2)N1. The lowest BCUT2D eigenvalue weighted by molar-refractivity contribution is -0.140. The largest absolute Gasteiger partial charge is 0.490 e. The normalized spacial score (nSPS) is 13.7. The number of hydrogen-bond donors (Lipinski definition) is 1. The highest BCUT2D eigenvalue weighted by Gasteiger charge is 2.24. The van der Waals surface area contributed by atoms with Gasteiger partial charge in [0.15, 0.2) is 0 Å². The van der Waals surface area contributed by atoms with E-state index in [1.165, 1.54) is 11.1 Å². The monoisotopic (exact) mass is 416 g/mol. The Morgan fingerprint density at radius 2 is 1.92 bits per heavy atom. The molecule has 6 nitrogen and oxygen atoms in total. The highest BCUT2D eigenvalue weighted by molar-refractivity contribution is 9.10. The number of carbonyl (C=O) groups is 2. The topological polar surface area (TPSA) is 67.9 Å². The lowest BCUT2D eigenvalue weighted by Gasteiger charge is -2.28. The number of esters is 1. The zero-order valence-corrected chi connectivity index (χ0v) is 15.4. The van der Waals surface area contributed by atoms with Gasteiger partial charge in [0.1, 0.15) is 24.7 Å². The molecule has 0 aromatic heterocycles. The van der Waals surface area contributed by atoms with Crippen LogP contribution >= 0.6 is 15.9 Å². The van der Waals surface area contributed by atoms with Gasteiger partial charge in [-0.25, -0.2) is 9.80 Å². The fraction of sp³-hybridized carbons (Fsp3) is 0.158. The summed E-state index contributed by atoms with van der Waals surface area (Å²) in [5.41, 5.74) is 3.70. The summed E-state index contributed by atoms with van der Waals surface area (Å²) >= 11 is 3.36. The molecule has 0 saturated carbocycles. The molecule has 2 aromatic rings. The molecule has 134 valence electrons. The minimum absolute atomic E-state index is 0.101.